The van der Waals surface area contributed by atoms with Crippen LogP contribution in [0.2, 0.25) is 0 Å². The van der Waals surface area contributed by atoms with Crippen LogP contribution < -0.4 is 0 Å². The molecule has 1 N–H and O–H groups in total. The Morgan fingerprint density at radius 1 is 1.67 bits per heavy atom. The molecule has 0 aliphatic rings. The fourth-order valence-electron chi connectivity index (χ4n) is 0.632. The van der Waals surface area contributed by atoms with Gasteiger partial charge >= 0.3 is 5.97 Å². The van der Waals surface area contributed by atoms with Crippen LogP contribution >= 0.6 is 0 Å². The van der Waals surface area contributed by atoms with Gasteiger partial charge < -0.3 is 9.29 Å². The van der Waals surface area contributed by atoms with Gasteiger partial charge in [0.25, 0.3) is 0 Å². The lowest BCUT2D eigenvalue weighted by Crippen LogP contribution is -2.08. The molecule has 0 aliphatic heterocycles. The number of rotatable bonds is 5. The number of carbonyl (C=O) groups is 1. The van der Waals surface area contributed by atoms with Crippen LogP contribution in [-0.2, 0) is 29.5 Å². The van der Waals surface area contributed by atoms with Gasteiger partial charge in [-0.25, -0.2) is 4.21 Å². The van der Waals surface area contributed by atoms with Crippen molar-refractivity contribution in [2.45, 2.75) is 19.8 Å². The number of hydrogen-bond acceptors (Lipinski definition) is 4. The molecule has 0 aromatic carbocycles. The van der Waals surface area contributed by atoms with Crippen LogP contribution in [0.4, 0.5) is 0 Å². The van der Waals surface area contributed by atoms with E-state index in [1.807, 2.05) is 0 Å². The molecule has 0 radical (unpaired) electrons. The van der Waals surface area contributed by atoms with Gasteiger partial charge in [0.1, 0.15) is 8.77 Å². The second-order valence-corrected chi connectivity index (χ2v) is 5.33. The van der Waals surface area contributed by atoms with Crippen LogP contribution in [0.25, 0.3) is 0 Å². The molecule has 1 unspecified atom stereocenters. The topological polar surface area (TPSA) is 63.6 Å². The lowest BCUT2D eigenvalue weighted by molar-refractivity contribution is -0.143. The molecule has 72 valence electrons. The summed E-state index contributed by atoms with van der Waals surface area (Å²) < 4.78 is 23.8. The third kappa shape index (κ3) is 7.90. The molecule has 0 aromatic rings. The van der Waals surface area contributed by atoms with Gasteiger partial charge in [-0.2, -0.15) is 0 Å². The Hall–Kier alpha value is -0.200. The zero-order chi connectivity index (χ0) is 9.61. The highest BCUT2D eigenvalue weighted by Gasteiger charge is 2.04. The number of esters is 1. The van der Waals surface area contributed by atoms with Crippen molar-refractivity contribution < 1.29 is 18.3 Å². The molecule has 0 amide bonds. The summed E-state index contributed by atoms with van der Waals surface area (Å²) in [7, 11) is -3.11. The van der Waals surface area contributed by atoms with E-state index in [2.05, 4.69) is 15.9 Å². The minimum Gasteiger partial charge on any atom is -0.466 e. The van der Waals surface area contributed by atoms with E-state index in [4.69, 9.17) is 4.55 Å². The van der Waals surface area contributed by atoms with Gasteiger partial charge in [-0.15, -0.1) is 0 Å². The Labute approximate surface area is 76.8 Å². The predicted molar refractivity (Wildman–Crippen MR) is 48.9 cm³/mol. The van der Waals surface area contributed by atoms with Crippen molar-refractivity contribution in [2.24, 2.45) is 0 Å². The maximum atomic E-state index is 10.7. The summed E-state index contributed by atoms with van der Waals surface area (Å²) in [6.45, 7) is 2.04. The molecule has 0 fully saturated rings. The van der Waals surface area contributed by atoms with Crippen molar-refractivity contribution in [3.8, 4) is 0 Å². The molecule has 0 saturated heterocycles. The van der Waals surface area contributed by atoms with Crippen molar-refractivity contribution >= 4 is 25.9 Å². The van der Waals surface area contributed by atoms with E-state index in [0.717, 1.165) is 0 Å². The molecule has 1 atom stereocenters. The van der Waals surface area contributed by atoms with Crippen LogP contribution in [0.15, 0.2) is 0 Å². The van der Waals surface area contributed by atoms with Crippen molar-refractivity contribution in [3.05, 3.63) is 0 Å². The first-order valence-electron chi connectivity index (χ1n) is 3.56. The zero-order valence-electron chi connectivity index (χ0n) is 6.82. The molecule has 12 heavy (non-hydrogen) atoms. The van der Waals surface area contributed by atoms with Crippen LogP contribution in [0.3, 0.4) is 0 Å². The standard InChI is InChI=1S/C6H12O4S2/c1-2-10-6(7)4-3-5-12(8,9)11/h2-5H2,1H3,(H,8,9,11). The van der Waals surface area contributed by atoms with Gasteiger partial charge in [-0.05, 0) is 13.3 Å². The van der Waals surface area contributed by atoms with E-state index in [9.17, 15) is 9.00 Å². The summed E-state index contributed by atoms with van der Waals surface area (Å²) >= 11 is 4.23. The Kier molecular flexibility index (Phi) is 5.36. The molecule has 6 heteroatoms. The van der Waals surface area contributed by atoms with Crippen LogP contribution in [0.5, 0.6) is 0 Å². The van der Waals surface area contributed by atoms with E-state index in [1.54, 1.807) is 6.92 Å². The highest BCUT2D eigenvalue weighted by molar-refractivity contribution is 8.29. The fraction of sp³-hybridized carbons (Fsp3) is 0.833. The van der Waals surface area contributed by atoms with E-state index in [0.29, 0.717) is 13.0 Å². The van der Waals surface area contributed by atoms with Crippen molar-refractivity contribution in [2.75, 3.05) is 12.4 Å². The number of hydrogen-bond donors (Lipinski definition) is 1. The molecule has 4 nitrogen and oxygen atoms in total. The Balaban J connectivity index is 3.51. The highest BCUT2D eigenvalue weighted by atomic mass is 32.8. The smallest absolute Gasteiger partial charge is 0.305 e. The lowest BCUT2D eigenvalue weighted by Gasteiger charge is -2.00. The van der Waals surface area contributed by atoms with E-state index >= 15 is 0 Å². The Morgan fingerprint density at radius 3 is 2.67 bits per heavy atom. The average Bonchev–Trinajstić information content (AvgIpc) is 1.84. The van der Waals surface area contributed by atoms with Crippen LogP contribution in [0, 0.1) is 0 Å². The summed E-state index contributed by atoms with van der Waals surface area (Å²) in [4.78, 5) is 10.7. The normalized spacial score (nSPS) is 15.2. The first-order chi connectivity index (χ1) is 5.45. The summed E-state index contributed by atoms with van der Waals surface area (Å²) in [5, 5.41) is 0. The largest absolute Gasteiger partial charge is 0.466 e. The van der Waals surface area contributed by atoms with Gasteiger partial charge in [-0.3, -0.25) is 4.79 Å². The van der Waals surface area contributed by atoms with E-state index in [1.165, 1.54) is 0 Å². The number of carbonyl (C=O) groups excluding carboxylic acids is 1. The number of ether oxygens (including phenoxy) is 1. The summed E-state index contributed by atoms with van der Waals surface area (Å²) in [5.74, 6) is -0.377. The molecule has 0 heterocycles. The maximum absolute atomic E-state index is 10.7. The zero-order valence-corrected chi connectivity index (χ0v) is 8.45. The van der Waals surface area contributed by atoms with Crippen molar-refractivity contribution in [1.82, 2.24) is 0 Å². The molecule has 0 spiro atoms. The van der Waals surface area contributed by atoms with Gasteiger partial charge in [0.15, 0.2) is 0 Å². The van der Waals surface area contributed by atoms with Gasteiger partial charge in [-0.1, -0.05) is 0 Å². The first kappa shape index (κ1) is 11.8. The van der Waals surface area contributed by atoms with E-state index in [-0.39, 0.29) is 18.1 Å². The van der Waals surface area contributed by atoms with E-state index < -0.39 is 8.77 Å². The third-order valence-corrected chi connectivity index (χ3v) is 2.39. The quantitative estimate of drug-likeness (QED) is 0.674. The second kappa shape index (κ2) is 5.45. The molecule has 0 saturated carbocycles. The fourth-order valence-corrected chi connectivity index (χ4v) is 1.49. The molecule has 0 aromatic heterocycles. The molecular formula is C6H12O4S2. The van der Waals surface area contributed by atoms with Crippen molar-refractivity contribution in [3.63, 3.8) is 0 Å². The SMILES string of the molecule is CCOC(=O)CCCS(=O)(O)=S. The van der Waals surface area contributed by atoms with Gasteiger partial charge in [0.05, 0.1) is 12.4 Å². The second-order valence-electron chi connectivity index (χ2n) is 2.19. The van der Waals surface area contributed by atoms with Gasteiger partial charge in [0, 0.05) is 17.6 Å². The van der Waals surface area contributed by atoms with Crippen LogP contribution in [0.1, 0.15) is 19.8 Å². The summed E-state index contributed by atoms with van der Waals surface area (Å²) in [5.41, 5.74) is 0. The molecule has 0 bridgehead atoms. The first-order valence-corrected chi connectivity index (χ1v) is 6.17. The molecular weight excluding hydrogens is 200 g/mol. The summed E-state index contributed by atoms with van der Waals surface area (Å²) in [6, 6.07) is 0. The minimum absolute atomic E-state index is 0.0266. The summed E-state index contributed by atoms with van der Waals surface area (Å²) in [6.07, 6.45) is 0.458. The Morgan fingerprint density at radius 2 is 2.25 bits per heavy atom. The van der Waals surface area contributed by atoms with Gasteiger partial charge in [0.2, 0.25) is 0 Å². The highest BCUT2D eigenvalue weighted by Crippen LogP contribution is 1.96. The monoisotopic (exact) mass is 212 g/mol. The van der Waals surface area contributed by atoms with Crippen molar-refractivity contribution in [1.29, 1.82) is 0 Å². The lowest BCUT2D eigenvalue weighted by atomic mass is 10.3. The Bertz CT molecular complexity index is 232. The third-order valence-electron chi connectivity index (χ3n) is 1.09. The average molecular weight is 212 g/mol. The van der Waals surface area contributed by atoms with Crippen LogP contribution in [-0.4, -0.2) is 27.1 Å². The minimum atomic E-state index is -3.11. The molecule has 0 rings (SSSR count). The maximum Gasteiger partial charge on any atom is 0.305 e. The predicted octanol–water partition coefficient (Wildman–Crippen LogP) is 0.549. The molecule has 0 aliphatic carbocycles.